The molecule has 4 fully saturated rings. The van der Waals surface area contributed by atoms with E-state index in [-0.39, 0.29) is 37.6 Å². The summed E-state index contributed by atoms with van der Waals surface area (Å²) in [6.07, 6.45) is 21.2. The van der Waals surface area contributed by atoms with Crippen LogP contribution in [0.2, 0.25) is 0 Å². The lowest BCUT2D eigenvalue weighted by molar-refractivity contribution is -0.0620. The molecule has 0 spiro atoms. The minimum Gasteiger partial charge on any atom is -0.459 e. The Bertz CT molecular complexity index is 3780. The van der Waals surface area contributed by atoms with Crippen LogP contribution in [0.25, 0.3) is 43.1 Å². The maximum atomic E-state index is 12.6. The summed E-state index contributed by atoms with van der Waals surface area (Å²) < 4.78 is 41.8. The van der Waals surface area contributed by atoms with Gasteiger partial charge in [-0.25, -0.2) is 19.2 Å². The Morgan fingerprint density at radius 1 is 0.398 bits per heavy atom. The van der Waals surface area contributed by atoms with Crippen LogP contribution < -0.4 is 0 Å². The van der Waals surface area contributed by atoms with E-state index in [1.807, 2.05) is 138 Å². The Morgan fingerprint density at radius 3 is 0.954 bits per heavy atom. The second-order valence-electron chi connectivity index (χ2n) is 31.2. The van der Waals surface area contributed by atoms with Crippen LogP contribution in [0.3, 0.4) is 0 Å². The zero-order chi connectivity index (χ0) is 79.5. The molecule has 0 aliphatic heterocycles. The van der Waals surface area contributed by atoms with Gasteiger partial charge in [0, 0.05) is 28.4 Å². The Balaban J connectivity index is 0.000000227. The number of hydrogen-bond acceptors (Lipinski definition) is 16. The molecule has 8 aromatic rings. The molecule has 0 heterocycles. The van der Waals surface area contributed by atoms with Crippen molar-refractivity contribution in [2.24, 2.45) is 23.7 Å². The van der Waals surface area contributed by atoms with Crippen molar-refractivity contribution < 1.29 is 77.5 Å². The fourth-order valence-electron chi connectivity index (χ4n) is 13.6. The lowest BCUT2D eigenvalue weighted by Gasteiger charge is -2.38. The first-order chi connectivity index (χ1) is 51.4. The van der Waals surface area contributed by atoms with E-state index in [1.165, 1.54) is 103 Å². The van der Waals surface area contributed by atoms with Gasteiger partial charge in [0.1, 0.15) is 26.4 Å². The second-order valence-corrected chi connectivity index (χ2v) is 31.2. The topological polar surface area (TPSA) is 223 Å². The molecule has 0 amide bonds. The molecule has 0 bridgehead atoms. The molecule has 8 aromatic carbocycles. The second kappa shape index (κ2) is 46.1. The van der Waals surface area contributed by atoms with Gasteiger partial charge in [0.2, 0.25) is 0 Å². The number of esters is 4. The number of carbonyl (C=O) groups excluding carboxylic acids is 4. The van der Waals surface area contributed by atoms with Gasteiger partial charge in [-0.3, -0.25) is 0 Å². The van der Waals surface area contributed by atoms with Gasteiger partial charge >= 0.3 is 23.9 Å². The zero-order valence-electron chi connectivity index (χ0n) is 67.6. The number of ether oxygens (including phenoxy) is 8. The molecule has 10 unspecified atom stereocenters. The number of carbonyl (C=O) groups is 4. The predicted octanol–water partition coefficient (Wildman–Crippen LogP) is 19.9. The Morgan fingerprint density at radius 2 is 0.676 bits per heavy atom. The number of rotatable bonds is 16. The van der Waals surface area contributed by atoms with Gasteiger partial charge in [0.05, 0.1) is 69.1 Å². The Hall–Kier alpha value is -7.64. The summed E-state index contributed by atoms with van der Waals surface area (Å²) in [7, 11) is 7.32. The van der Waals surface area contributed by atoms with Gasteiger partial charge in [0.15, 0.2) is 0 Å². The van der Waals surface area contributed by atoms with Crippen LogP contribution in [0.4, 0.5) is 0 Å². The number of methoxy groups -OCH3 is 4. The fourth-order valence-corrected chi connectivity index (χ4v) is 13.6. The molecular formula is C92H128O16. The average Bonchev–Trinajstić information content (AvgIpc) is 0.774. The van der Waals surface area contributed by atoms with Crippen LogP contribution in [-0.4, -0.2) is 146 Å². The van der Waals surface area contributed by atoms with Crippen molar-refractivity contribution in [3.05, 3.63) is 192 Å². The maximum Gasteiger partial charge on any atom is 0.339 e. The van der Waals surface area contributed by atoms with E-state index in [1.54, 1.807) is 90.1 Å². The van der Waals surface area contributed by atoms with E-state index in [9.17, 15) is 34.5 Å². The van der Waals surface area contributed by atoms with Crippen LogP contribution in [0.15, 0.2) is 170 Å². The van der Waals surface area contributed by atoms with Gasteiger partial charge < -0.3 is 58.3 Å². The van der Waals surface area contributed by atoms with Gasteiger partial charge in [-0.05, 0) is 210 Å². The highest BCUT2D eigenvalue weighted by molar-refractivity contribution is 6.17. The first-order valence-electron chi connectivity index (χ1n) is 38.9. The van der Waals surface area contributed by atoms with E-state index in [2.05, 4.69) is 53.7 Å². The summed E-state index contributed by atoms with van der Waals surface area (Å²) >= 11 is 0. The van der Waals surface area contributed by atoms with Crippen LogP contribution in [0.1, 0.15) is 227 Å². The quantitative estimate of drug-likeness (QED) is 0.0401. The molecule has 592 valence electrons. The number of fused-ring (bicyclic) bond motifs is 4. The van der Waals surface area contributed by atoms with Crippen molar-refractivity contribution in [3.63, 3.8) is 0 Å². The number of aliphatic hydroxyl groups excluding tert-OH is 2. The molecule has 4 aliphatic rings. The lowest BCUT2D eigenvalue weighted by atomic mass is 9.78. The normalized spacial score (nSPS) is 21.6. The molecule has 16 heteroatoms. The fraction of sp³-hybridized carbons (Fsp3) is 0.522. The van der Waals surface area contributed by atoms with Gasteiger partial charge in [-0.15, -0.1) is 0 Å². The van der Waals surface area contributed by atoms with Crippen molar-refractivity contribution >= 4 is 67.0 Å². The van der Waals surface area contributed by atoms with Crippen LogP contribution in [-0.2, 0) is 37.9 Å². The highest BCUT2D eigenvalue weighted by atomic mass is 16.6. The van der Waals surface area contributed by atoms with Crippen LogP contribution in [0.5, 0.6) is 0 Å². The summed E-state index contributed by atoms with van der Waals surface area (Å²) in [6, 6.07) is 52.5. The molecule has 4 aliphatic carbocycles. The molecule has 4 saturated carbocycles. The molecular weight excluding hydrogens is 1360 g/mol. The third kappa shape index (κ3) is 30.7. The maximum absolute atomic E-state index is 12.6. The highest BCUT2D eigenvalue weighted by Crippen LogP contribution is 2.37. The first-order valence-corrected chi connectivity index (χ1v) is 38.9. The first kappa shape index (κ1) is 91.0. The predicted molar refractivity (Wildman–Crippen MR) is 436 cm³/mol. The standard InChI is InChI=1S/C19H18O3.C18H16O3.C11H14O3.C10H12O3.2C9H18O.2C8H16O/c1-19(2,21)12-22-18(20)17-15-9-5-3-7-13(15)11-14-8-4-6-10-16(14)17;1-12(19)11-21-18(20)17-15-8-4-2-6-13(15)10-14-7-3-5-9-16(14)17;1-11(2,13)8-14-10(12)9-6-4-3-5-7-9;1-8(11)7-13-10(12)9-5-3-2-4-6-9;2*1-8-6-4-5-7-9(8,2)10-3;2*1-7-5-3-4-6-8(7)9-2/h3-11,21H,12H2,1-2H3;2-10,12,19H,11H2,1H3;3-7,13H,8H2,1-2H3;2-6,8,11H,7H2,1H3;2*8H,4-7H2,1-3H3;2*7-8H,3-6H2,1-2H3. The van der Waals surface area contributed by atoms with E-state index in [0.717, 1.165) is 66.8 Å². The molecule has 0 aromatic heterocycles. The SMILES string of the molecule is CC(C)(O)COC(=O)c1c2ccccc2cc2ccccc12.CC(C)(O)COC(=O)c1ccccc1.CC(O)COC(=O)c1c2ccccc2cc2ccccc12.CC(O)COC(=O)c1ccccc1.COC1(C)CCCCC1C.COC1(C)CCCCC1C.COC1CCCCC1C.COC1CCCCC1C. The largest absolute Gasteiger partial charge is 0.459 e. The van der Waals surface area contributed by atoms with Gasteiger partial charge in [-0.1, -0.05) is 213 Å². The minimum atomic E-state index is -1.05. The summed E-state index contributed by atoms with van der Waals surface area (Å²) in [4.78, 5) is 47.6. The summed E-state index contributed by atoms with van der Waals surface area (Å²) in [6.45, 7) is 23.2. The molecule has 12 rings (SSSR count). The number of benzene rings is 8. The van der Waals surface area contributed by atoms with E-state index in [0.29, 0.717) is 34.5 Å². The molecule has 108 heavy (non-hydrogen) atoms. The summed E-state index contributed by atoms with van der Waals surface area (Å²) in [5.74, 6) is 1.46. The van der Waals surface area contributed by atoms with Crippen LogP contribution in [0, 0.1) is 23.7 Å². The third-order valence-electron chi connectivity index (χ3n) is 20.8. The van der Waals surface area contributed by atoms with E-state index in [4.69, 9.17) is 43.0 Å². The van der Waals surface area contributed by atoms with Gasteiger partial charge in [-0.2, -0.15) is 0 Å². The molecule has 0 radical (unpaired) electrons. The van der Waals surface area contributed by atoms with Crippen molar-refractivity contribution in [2.45, 2.75) is 233 Å². The molecule has 0 saturated heterocycles. The number of hydrogen-bond donors (Lipinski definition) is 4. The van der Waals surface area contributed by atoms with Crippen molar-refractivity contribution in [3.8, 4) is 0 Å². The molecule has 16 nitrogen and oxygen atoms in total. The smallest absolute Gasteiger partial charge is 0.339 e. The van der Waals surface area contributed by atoms with Gasteiger partial charge in [0.25, 0.3) is 0 Å². The molecule has 4 N–H and O–H groups in total. The van der Waals surface area contributed by atoms with Crippen molar-refractivity contribution in [2.75, 3.05) is 54.9 Å². The zero-order valence-corrected chi connectivity index (χ0v) is 67.6. The van der Waals surface area contributed by atoms with Crippen molar-refractivity contribution in [1.29, 1.82) is 0 Å². The highest BCUT2D eigenvalue weighted by Gasteiger charge is 2.34. The minimum absolute atomic E-state index is 0.000722. The van der Waals surface area contributed by atoms with E-state index >= 15 is 0 Å². The summed E-state index contributed by atoms with van der Waals surface area (Å²) in [5, 5.41) is 44.7. The monoisotopic (exact) mass is 1490 g/mol. The summed E-state index contributed by atoms with van der Waals surface area (Å²) in [5.41, 5.74) is 0.443. The Labute approximate surface area is 644 Å². The van der Waals surface area contributed by atoms with Crippen molar-refractivity contribution in [1.82, 2.24) is 0 Å². The third-order valence-corrected chi connectivity index (χ3v) is 20.8. The average molecular weight is 1490 g/mol. The number of aliphatic hydroxyl groups is 4. The van der Waals surface area contributed by atoms with E-state index < -0.39 is 47.3 Å². The Kier molecular flexibility index (Phi) is 38.9. The molecule has 10 atom stereocenters. The van der Waals surface area contributed by atoms with Crippen LogP contribution >= 0.6 is 0 Å². The lowest BCUT2D eigenvalue weighted by Crippen LogP contribution is -2.37.